The van der Waals surface area contributed by atoms with E-state index in [1.807, 2.05) is 0 Å². The van der Waals surface area contributed by atoms with E-state index >= 15 is 0 Å². The fraction of sp³-hybridized carbons (Fsp3) is 0. The Morgan fingerprint density at radius 3 is 2.89 bits per heavy atom. The molecule has 0 spiro atoms. The van der Waals surface area contributed by atoms with Gasteiger partial charge in [-0.25, -0.2) is 0 Å². The molecular formula is C3H4BNO4. The highest BCUT2D eigenvalue weighted by Crippen LogP contribution is 2.06. The van der Waals surface area contributed by atoms with Crippen LogP contribution in [-0.2, 0) is 0 Å². The highest BCUT2D eigenvalue weighted by molar-refractivity contribution is 6.33. The molecule has 0 saturated heterocycles. The van der Waals surface area contributed by atoms with Crippen LogP contribution in [0, 0.1) is 0 Å². The number of nitrogens with zero attached hydrogens (tertiary/aromatic N) is 1. The smallest absolute Gasteiger partial charge is 0.508 e. The summed E-state index contributed by atoms with van der Waals surface area (Å²) < 4.78 is 8.63. The van der Waals surface area contributed by atoms with Crippen LogP contribution in [0.1, 0.15) is 0 Å². The third-order valence-corrected chi connectivity index (χ3v) is 0.651. The third kappa shape index (κ3) is 1.75. The minimum atomic E-state index is -1.82. The summed E-state index contributed by atoms with van der Waals surface area (Å²) in [5, 5.41) is 19.6. The Morgan fingerprint density at radius 1 is 1.67 bits per heavy atom. The quantitative estimate of drug-likeness (QED) is 0.502. The van der Waals surface area contributed by atoms with Crippen molar-refractivity contribution in [3.63, 3.8) is 0 Å². The fourth-order valence-electron chi connectivity index (χ4n) is 0.375. The minimum absolute atomic E-state index is 0.185. The van der Waals surface area contributed by atoms with Crippen molar-refractivity contribution in [3.05, 3.63) is 12.5 Å². The summed E-state index contributed by atoms with van der Waals surface area (Å²) in [6, 6.07) is 0. The first-order chi connectivity index (χ1) is 4.29. The Hall–Kier alpha value is -1.01. The van der Waals surface area contributed by atoms with Crippen molar-refractivity contribution >= 4 is 7.32 Å². The van der Waals surface area contributed by atoms with Gasteiger partial charge in [-0.3, -0.25) is 0 Å². The predicted molar refractivity (Wildman–Crippen MR) is 27.3 cm³/mol. The zero-order valence-corrected chi connectivity index (χ0v) is 4.39. The lowest BCUT2D eigenvalue weighted by Gasteiger charge is -1.95. The van der Waals surface area contributed by atoms with Gasteiger partial charge in [-0.2, -0.15) is 0 Å². The summed E-state index contributed by atoms with van der Waals surface area (Å²) in [4.78, 5) is 0. The van der Waals surface area contributed by atoms with E-state index in [4.69, 9.17) is 10.0 Å². The lowest BCUT2D eigenvalue weighted by molar-refractivity contribution is 0.286. The number of hydrogen-bond acceptors (Lipinski definition) is 5. The second kappa shape index (κ2) is 2.52. The topological polar surface area (TPSA) is 75.7 Å². The Kier molecular flexibility index (Phi) is 1.71. The first kappa shape index (κ1) is 6.12. The number of rotatable bonds is 2. The van der Waals surface area contributed by atoms with Crippen molar-refractivity contribution in [2.24, 2.45) is 0 Å². The molecule has 0 amide bonds. The molecule has 0 atom stereocenters. The van der Waals surface area contributed by atoms with Crippen LogP contribution in [0.5, 0.6) is 5.75 Å². The van der Waals surface area contributed by atoms with Crippen LogP contribution in [0.15, 0.2) is 17.0 Å². The van der Waals surface area contributed by atoms with Gasteiger partial charge in [0.2, 0.25) is 0 Å². The van der Waals surface area contributed by atoms with Crippen LogP contribution in [-0.4, -0.2) is 22.5 Å². The van der Waals surface area contributed by atoms with Crippen LogP contribution in [0.25, 0.3) is 0 Å². The first-order valence-corrected chi connectivity index (χ1v) is 2.21. The Bertz CT molecular complexity index is 162. The van der Waals surface area contributed by atoms with E-state index in [0.717, 1.165) is 6.26 Å². The average molecular weight is 129 g/mol. The molecule has 2 N–H and O–H groups in total. The second-order valence-corrected chi connectivity index (χ2v) is 1.30. The van der Waals surface area contributed by atoms with Crippen molar-refractivity contribution in [1.29, 1.82) is 0 Å². The maximum Gasteiger partial charge on any atom is 0.707 e. The minimum Gasteiger partial charge on any atom is -0.508 e. The first-order valence-electron chi connectivity index (χ1n) is 2.21. The Morgan fingerprint density at radius 2 is 2.44 bits per heavy atom. The summed E-state index contributed by atoms with van der Waals surface area (Å²) in [5.74, 6) is 0.185. The van der Waals surface area contributed by atoms with Gasteiger partial charge in [0.1, 0.15) is 6.20 Å². The van der Waals surface area contributed by atoms with Gasteiger partial charge in [0.15, 0.2) is 12.0 Å². The maximum absolute atomic E-state index is 8.19. The molecule has 1 aromatic heterocycles. The zero-order valence-electron chi connectivity index (χ0n) is 4.39. The third-order valence-electron chi connectivity index (χ3n) is 0.651. The van der Waals surface area contributed by atoms with Crippen LogP contribution in [0.2, 0.25) is 0 Å². The summed E-state index contributed by atoms with van der Waals surface area (Å²) >= 11 is 0. The van der Waals surface area contributed by atoms with Gasteiger partial charge in [-0.1, -0.05) is 5.16 Å². The second-order valence-electron chi connectivity index (χ2n) is 1.30. The van der Waals surface area contributed by atoms with E-state index in [1.165, 1.54) is 6.20 Å². The lowest BCUT2D eigenvalue weighted by Crippen LogP contribution is -2.20. The summed E-state index contributed by atoms with van der Waals surface area (Å²) in [5.41, 5.74) is 0. The monoisotopic (exact) mass is 129 g/mol. The Labute approximate surface area is 51.0 Å². The molecular weight excluding hydrogens is 125 g/mol. The van der Waals surface area contributed by atoms with Gasteiger partial charge in [-0.15, -0.1) is 0 Å². The van der Waals surface area contributed by atoms with Crippen molar-refractivity contribution in [1.82, 2.24) is 5.16 Å². The molecule has 0 aliphatic rings. The molecule has 5 nitrogen and oxygen atoms in total. The predicted octanol–water partition coefficient (Wildman–Crippen LogP) is -0.977. The molecule has 0 bridgehead atoms. The average Bonchev–Trinajstić information content (AvgIpc) is 2.15. The van der Waals surface area contributed by atoms with E-state index in [-0.39, 0.29) is 5.75 Å². The molecule has 1 rings (SSSR count). The van der Waals surface area contributed by atoms with Gasteiger partial charge < -0.3 is 19.2 Å². The maximum atomic E-state index is 8.19. The van der Waals surface area contributed by atoms with Gasteiger partial charge in [0, 0.05) is 0 Å². The van der Waals surface area contributed by atoms with E-state index in [1.54, 1.807) is 0 Å². The van der Waals surface area contributed by atoms with Gasteiger partial charge in [0.05, 0.1) is 0 Å². The Balaban J connectivity index is 2.48. The van der Waals surface area contributed by atoms with Crippen molar-refractivity contribution in [2.45, 2.75) is 0 Å². The molecule has 1 heterocycles. The van der Waals surface area contributed by atoms with Crippen LogP contribution < -0.4 is 4.65 Å². The van der Waals surface area contributed by atoms with E-state index in [9.17, 15) is 0 Å². The molecule has 0 saturated carbocycles. The molecule has 48 valence electrons. The zero-order chi connectivity index (χ0) is 6.69. The van der Waals surface area contributed by atoms with Crippen molar-refractivity contribution in [3.8, 4) is 5.75 Å². The molecule has 0 radical (unpaired) electrons. The summed E-state index contributed by atoms with van der Waals surface area (Å²) in [6.07, 6.45) is 2.37. The van der Waals surface area contributed by atoms with Crippen LogP contribution in [0.4, 0.5) is 0 Å². The number of hydrogen-bond donors (Lipinski definition) is 2. The van der Waals surface area contributed by atoms with Crippen LogP contribution >= 0.6 is 0 Å². The van der Waals surface area contributed by atoms with Gasteiger partial charge in [-0.05, 0) is 0 Å². The molecule has 0 aliphatic heterocycles. The lowest BCUT2D eigenvalue weighted by atomic mass is 10.3. The molecule has 0 unspecified atom stereocenters. The summed E-state index contributed by atoms with van der Waals surface area (Å²) in [6.45, 7) is 0. The summed E-state index contributed by atoms with van der Waals surface area (Å²) in [7, 11) is -1.82. The highest BCUT2D eigenvalue weighted by Gasteiger charge is 2.11. The molecule has 0 aromatic carbocycles. The van der Waals surface area contributed by atoms with Gasteiger partial charge >= 0.3 is 7.32 Å². The normalized spacial score (nSPS) is 9.11. The SMILES string of the molecule is OB(O)Oc1cnoc1. The molecule has 6 heteroatoms. The van der Waals surface area contributed by atoms with Gasteiger partial charge in [0.25, 0.3) is 0 Å². The molecule has 0 aliphatic carbocycles. The van der Waals surface area contributed by atoms with E-state index in [2.05, 4.69) is 14.3 Å². The van der Waals surface area contributed by atoms with E-state index < -0.39 is 7.32 Å². The highest BCUT2D eigenvalue weighted by atomic mass is 16.6. The molecule has 0 fully saturated rings. The molecule has 9 heavy (non-hydrogen) atoms. The number of aromatic nitrogens is 1. The van der Waals surface area contributed by atoms with E-state index in [0.29, 0.717) is 0 Å². The van der Waals surface area contributed by atoms with Crippen molar-refractivity contribution in [2.75, 3.05) is 0 Å². The van der Waals surface area contributed by atoms with Crippen molar-refractivity contribution < 1.29 is 19.2 Å². The largest absolute Gasteiger partial charge is 0.707 e. The standard InChI is InChI=1S/C3H4BNO4/c6-4(7)9-3-1-5-8-2-3/h1-2,6-7H. The van der Waals surface area contributed by atoms with Crippen LogP contribution in [0.3, 0.4) is 0 Å². The molecule has 1 aromatic rings. The fourth-order valence-corrected chi connectivity index (χ4v) is 0.375.